The molecule has 7 nitrogen and oxygen atoms in total. The van der Waals surface area contributed by atoms with E-state index >= 15 is 0 Å². The molecule has 0 aliphatic carbocycles. The van der Waals surface area contributed by atoms with E-state index in [0.29, 0.717) is 18.8 Å². The van der Waals surface area contributed by atoms with E-state index in [1.807, 2.05) is 12.1 Å². The summed E-state index contributed by atoms with van der Waals surface area (Å²) < 4.78 is 53.7. The highest BCUT2D eigenvalue weighted by Gasteiger charge is 2.26. The Hall–Kier alpha value is -2.59. The van der Waals surface area contributed by atoms with Gasteiger partial charge in [0.15, 0.2) is 17.4 Å². The molecule has 2 aromatic carbocycles. The minimum atomic E-state index is -3.17. The summed E-state index contributed by atoms with van der Waals surface area (Å²) in [4.78, 5) is 0. The summed E-state index contributed by atoms with van der Waals surface area (Å²) in [5.41, 5.74) is 1.47. The molecule has 1 saturated heterocycles. The summed E-state index contributed by atoms with van der Waals surface area (Å²) in [6, 6.07) is 8.18. The Morgan fingerprint density at radius 1 is 1.14 bits per heavy atom. The Labute approximate surface area is 160 Å². The topological polar surface area (TPSA) is 88.3 Å². The third kappa shape index (κ3) is 3.22. The first-order valence-corrected chi connectivity index (χ1v) is 10.6. The zero-order valence-electron chi connectivity index (χ0n) is 15.0. The van der Waals surface area contributed by atoms with E-state index in [4.69, 9.17) is 0 Å². The quantitative estimate of drug-likeness (QED) is 0.720. The van der Waals surface area contributed by atoms with Crippen LogP contribution in [0.4, 0.5) is 8.78 Å². The number of benzene rings is 2. The number of piperidine rings is 1. The van der Waals surface area contributed by atoms with Gasteiger partial charge in [-0.15, -0.1) is 5.10 Å². The lowest BCUT2D eigenvalue weighted by atomic mass is 9.90. The third-order valence-corrected chi connectivity index (χ3v) is 6.44. The van der Waals surface area contributed by atoms with Gasteiger partial charge in [0, 0.05) is 19.2 Å². The fourth-order valence-corrected chi connectivity index (χ4v) is 4.46. The maximum absolute atomic E-state index is 14.3. The highest BCUT2D eigenvalue weighted by Crippen LogP contribution is 2.31. The summed E-state index contributed by atoms with van der Waals surface area (Å²) in [5, 5.41) is 17.1. The lowest BCUT2D eigenvalue weighted by Crippen LogP contribution is -2.37. The Balaban J connectivity index is 1.60. The van der Waals surface area contributed by atoms with Crippen molar-refractivity contribution in [3.63, 3.8) is 0 Å². The minimum Gasteiger partial charge on any atom is -0.503 e. The molecule has 28 heavy (non-hydrogen) atoms. The molecule has 1 fully saturated rings. The zero-order chi connectivity index (χ0) is 20.1. The molecule has 0 amide bonds. The largest absolute Gasteiger partial charge is 0.503 e. The highest BCUT2D eigenvalue weighted by atomic mass is 32.2. The molecule has 148 valence electrons. The van der Waals surface area contributed by atoms with Crippen LogP contribution in [0.1, 0.15) is 24.3 Å². The van der Waals surface area contributed by atoms with E-state index in [1.165, 1.54) is 15.2 Å². The number of aromatic hydroxyl groups is 1. The van der Waals surface area contributed by atoms with Crippen LogP contribution >= 0.6 is 0 Å². The summed E-state index contributed by atoms with van der Waals surface area (Å²) in [7, 11) is -3.17. The number of phenolic OH excluding ortho intramolecular Hbond substituents is 1. The van der Waals surface area contributed by atoms with Crippen molar-refractivity contribution < 1.29 is 22.3 Å². The van der Waals surface area contributed by atoms with Gasteiger partial charge in [-0.25, -0.2) is 26.2 Å². The summed E-state index contributed by atoms with van der Waals surface area (Å²) in [6.45, 7) is 0.962. The Morgan fingerprint density at radius 3 is 2.39 bits per heavy atom. The Bertz CT molecular complexity index is 1140. The first kappa shape index (κ1) is 18.8. The van der Waals surface area contributed by atoms with Crippen LogP contribution in [0.25, 0.3) is 16.7 Å². The fourth-order valence-electron chi connectivity index (χ4n) is 3.59. The molecule has 0 radical (unpaired) electrons. The molecule has 0 bridgehead atoms. The number of rotatable bonds is 3. The molecule has 0 unspecified atom stereocenters. The monoisotopic (exact) mass is 408 g/mol. The van der Waals surface area contributed by atoms with Crippen molar-refractivity contribution in [3.8, 4) is 11.4 Å². The first-order valence-electron chi connectivity index (χ1n) is 8.73. The number of sulfonamides is 1. The second-order valence-corrected chi connectivity index (χ2v) is 8.90. The fraction of sp³-hybridized carbons (Fsp3) is 0.333. The normalized spacial score (nSPS) is 16.7. The van der Waals surface area contributed by atoms with Crippen LogP contribution in [0.5, 0.6) is 5.75 Å². The standard InChI is InChI=1S/C18H18F2N4O3S/c1-28(26,27)23-8-6-12(7-9-23)11-2-4-13(5-3-11)24-17-15(21-22-24)10-14(19)18(25)16(17)20/h2-5,10,12,25H,6-9H2,1H3. The predicted molar refractivity (Wildman–Crippen MR) is 98.8 cm³/mol. The average molecular weight is 408 g/mol. The molecule has 0 saturated carbocycles. The van der Waals surface area contributed by atoms with Gasteiger partial charge in [-0.3, -0.25) is 0 Å². The molecular weight excluding hydrogens is 390 g/mol. The van der Waals surface area contributed by atoms with Gasteiger partial charge >= 0.3 is 0 Å². The van der Waals surface area contributed by atoms with Gasteiger partial charge < -0.3 is 5.11 Å². The number of phenols is 1. The van der Waals surface area contributed by atoms with Crippen LogP contribution in [0.3, 0.4) is 0 Å². The van der Waals surface area contributed by atoms with Gasteiger partial charge in [0.05, 0.1) is 11.9 Å². The van der Waals surface area contributed by atoms with Crippen LogP contribution in [0.15, 0.2) is 30.3 Å². The summed E-state index contributed by atoms with van der Waals surface area (Å²) >= 11 is 0. The van der Waals surface area contributed by atoms with Crippen molar-refractivity contribution in [1.82, 2.24) is 19.3 Å². The van der Waals surface area contributed by atoms with Crippen molar-refractivity contribution in [2.24, 2.45) is 0 Å². The lowest BCUT2D eigenvalue weighted by Gasteiger charge is -2.30. The first-order chi connectivity index (χ1) is 13.3. The number of nitrogens with zero attached hydrogens (tertiary/aromatic N) is 4. The van der Waals surface area contributed by atoms with Crippen LogP contribution < -0.4 is 0 Å². The number of hydrogen-bond donors (Lipinski definition) is 1. The van der Waals surface area contributed by atoms with E-state index in [1.54, 1.807) is 12.1 Å². The number of halogens is 2. The highest BCUT2D eigenvalue weighted by molar-refractivity contribution is 7.88. The van der Waals surface area contributed by atoms with Crippen molar-refractivity contribution >= 4 is 21.1 Å². The average Bonchev–Trinajstić information content (AvgIpc) is 3.09. The molecule has 4 rings (SSSR count). The Morgan fingerprint density at radius 2 is 1.79 bits per heavy atom. The van der Waals surface area contributed by atoms with Gasteiger partial charge in [0.25, 0.3) is 0 Å². The second kappa shape index (κ2) is 6.78. The van der Waals surface area contributed by atoms with Gasteiger partial charge in [0.2, 0.25) is 10.0 Å². The van der Waals surface area contributed by atoms with E-state index in [2.05, 4.69) is 10.3 Å². The SMILES string of the molecule is CS(=O)(=O)N1CCC(c2ccc(-n3nnc4cc(F)c(O)c(F)c43)cc2)CC1. The third-order valence-electron chi connectivity index (χ3n) is 5.13. The Kier molecular flexibility index (Phi) is 4.54. The molecule has 1 aliphatic rings. The van der Waals surface area contributed by atoms with Crippen LogP contribution in [0.2, 0.25) is 0 Å². The lowest BCUT2D eigenvalue weighted by molar-refractivity contribution is 0.321. The van der Waals surface area contributed by atoms with Crippen molar-refractivity contribution in [1.29, 1.82) is 0 Å². The maximum Gasteiger partial charge on any atom is 0.211 e. The van der Waals surface area contributed by atoms with Crippen LogP contribution in [-0.4, -0.2) is 52.2 Å². The van der Waals surface area contributed by atoms with Gasteiger partial charge in [-0.1, -0.05) is 17.3 Å². The second-order valence-electron chi connectivity index (χ2n) is 6.92. The van der Waals surface area contributed by atoms with Crippen molar-refractivity contribution in [2.45, 2.75) is 18.8 Å². The maximum atomic E-state index is 14.3. The zero-order valence-corrected chi connectivity index (χ0v) is 15.8. The van der Waals surface area contributed by atoms with Gasteiger partial charge in [0.1, 0.15) is 11.0 Å². The minimum absolute atomic E-state index is 0.00465. The van der Waals surface area contributed by atoms with Crippen molar-refractivity contribution in [3.05, 3.63) is 47.5 Å². The predicted octanol–water partition coefficient (Wildman–Crippen LogP) is 2.54. The molecule has 1 aromatic heterocycles. The van der Waals surface area contributed by atoms with Crippen LogP contribution in [0, 0.1) is 11.6 Å². The summed E-state index contributed by atoms with van der Waals surface area (Å²) in [5.74, 6) is -3.04. The van der Waals surface area contributed by atoms with Gasteiger partial charge in [-0.2, -0.15) is 0 Å². The molecule has 3 aromatic rings. The molecule has 0 atom stereocenters. The smallest absolute Gasteiger partial charge is 0.211 e. The van der Waals surface area contributed by atoms with E-state index in [0.717, 1.165) is 24.5 Å². The molecule has 2 heterocycles. The molecule has 1 N–H and O–H groups in total. The molecule has 10 heteroatoms. The number of hydrogen-bond acceptors (Lipinski definition) is 5. The van der Waals surface area contributed by atoms with Crippen molar-refractivity contribution in [2.75, 3.05) is 19.3 Å². The number of aromatic nitrogens is 3. The number of fused-ring (bicyclic) bond motifs is 1. The molecular formula is C18H18F2N4O3S. The van der Waals surface area contributed by atoms with E-state index in [-0.39, 0.29) is 17.0 Å². The van der Waals surface area contributed by atoms with Crippen LogP contribution in [-0.2, 0) is 10.0 Å². The van der Waals surface area contributed by atoms with E-state index < -0.39 is 27.4 Å². The summed E-state index contributed by atoms with van der Waals surface area (Å²) in [6.07, 6.45) is 2.66. The molecule has 0 spiro atoms. The van der Waals surface area contributed by atoms with Gasteiger partial charge in [-0.05, 0) is 36.5 Å². The molecule has 1 aliphatic heterocycles. The van der Waals surface area contributed by atoms with E-state index in [9.17, 15) is 22.3 Å².